The molecule has 0 spiro atoms. The fourth-order valence-electron chi connectivity index (χ4n) is 1.65. The molecular formula is C11H20N4O. The molecule has 1 aromatic heterocycles. The fraction of sp³-hybridized carbons (Fsp3) is 0.636. The summed E-state index contributed by atoms with van der Waals surface area (Å²) in [5.41, 5.74) is 6.50. The van der Waals surface area contributed by atoms with Gasteiger partial charge in [-0.25, -0.2) is 9.97 Å². The molecule has 1 aromatic rings. The zero-order valence-electron chi connectivity index (χ0n) is 10.2. The van der Waals surface area contributed by atoms with E-state index in [2.05, 4.69) is 21.8 Å². The van der Waals surface area contributed by atoms with Crippen LogP contribution >= 0.6 is 0 Å². The Labute approximate surface area is 96.6 Å². The van der Waals surface area contributed by atoms with Crippen LogP contribution in [0.15, 0.2) is 6.33 Å². The van der Waals surface area contributed by atoms with Gasteiger partial charge in [-0.1, -0.05) is 0 Å². The van der Waals surface area contributed by atoms with Crippen molar-refractivity contribution >= 4 is 5.82 Å². The van der Waals surface area contributed by atoms with E-state index in [0.717, 1.165) is 30.9 Å². The number of aromatic nitrogens is 2. The first-order valence-electron chi connectivity index (χ1n) is 5.55. The molecule has 0 aliphatic rings. The lowest BCUT2D eigenvalue weighted by atomic mass is 10.3. The average molecular weight is 224 g/mol. The van der Waals surface area contributed by atoms with Gasteiger partial charge in [0.2, 0.25) is 5.88 Å². The summed E-state index contributed by atoms with van der Waals surface area (Å²) in [7, 11) is 1.62. The molecule has 0 atom stereocenters. The Hall–Kier alpha value is -1.36. The summed E-state index contributed by atoms with van der Waals surface area (Å²) in [5.74, 6) is 1.57. The second-order valence-electron chi connectivity index (χ2n) is 3.55. The summed E-state index contributed by atoms with van der Waals surface area (Å²) in [5, 5.41) is 0. The molecule has 0 aliphatic heterocycles. The second-order valence-corrected chi connectivity index (χ2v) is 3.55. The Morgan fingerprint density at radius 1 is 1.44 bits per heavy atom. The van der Waals surface area contributed by atoms with Gasteiger partial charge in [-0.2, -0.15) is 0 Å². The van der Waals surface area contributed by atoms with Crippen LogP contribution in [0.1, 0.15) is 18.9 Å². The molecule has 16 heavy (non-hydrogen) atoms. The summed E-state index contributed by atoms with van der Waals surface area (Å²) in [6.45, 7) is 6.58. The van der Waals surface area contributed by atoms with E-state index in [1.807, 2.05) is 6.92 Å². The van der Waals surface area contributed by atoms with Crippen LogP contribution in [0.3, 0.4) is 0 Å². The molecule has 2 N–H and O–H groups in total. The lowest BCUT2D eigenvalue weighted by molar-refractivity contribution is 0.393. The van der Waals surface area contributed by atoms with E-state index in [4.69, 9.17) is 10.5 Å². The summed E-state index contributed by atoms with van der Waals surface area (Å²) < 4.78 is 5.18. The van der Waals surface area contributed by atoms with Gasteiger partial charge in [0.25, 0.3) is 0 Å². The quantitative estimate of drug-likeness (QED) is 0.780. The van der Waals surface area contributed by atoms with E-state index in [9.17, 15) is 0 Å². The SMILES string of the molecule is CCN(CCCN)c1ncnc(OC)c1C. The molecule has 0 fully saturated rings. The monoisotopic (exact) mass is 224 g/mol. The molecule has 0 bridgehead atoms. The highest BCUT2D eigenvalue weighted by Crippen LogP contribution is 2.23. The lowest BCUT2D eigenvalue weighted by Gasteiger charge is -2.23. The standard InChI is InChI=1S/C11H20N4O/c1-4-15(7-5-6-12)10-9(2)11(16-3)14-8-13-10/h8H,4-7,12H2,1-3H3. The molecule has 1 heterocycles. The number of nitrogens with two attached hydrogens (primary N) is 1. The van der Waals surface area contributed by atoms with Crippen LogP contribution in [0.25, 0.3) is 0 Å². The van der Waals surface area contributed by atoms with Gasteiger partial charge in [0.1, 0.15) is 12.1 Å². The minimum absolute atomic E-state index is 0.635. The van der Waals surface area contributed by atoms with Crippen LogP contribution in [0.2, 0.25) is 0 Å². The molecule has 0 radical (unpaired) electrons. The smallest absolute Gasteiger partial charge is 0.221 e. The first-order valence-corrected chi connectivity index (χ1v) is 5.55. The molecule has 0 aromatic carbocycles. The zero-order chi connectivity index (χ0) is 12.0. The van der Waals surface area contributed by atoms with Crippen molar-refractivity contribution in [1.82, 2.24) is 9.97 Å². The van der Waals surface area contributed by atoms with Crippen molar-refractivity contribution in [3.05, 3.63) is 11.9 Å². The third kappa shape index (κ3) is 2.82. The van der Waals surface area contributed by atoms with Gasteiger partial charge < -0.3 is 15.4 Å². The van der Waals surface area contributed by atoms with Crippen molar-refractivity contribution in [3.8, 4) is 5.88 Å². The summed E-state index contributed by atoms with van der Waals surface area (Å²) >= 11 is 0. The molecule has 0 unspecified atom stereocenters. The first-order chi connectivity index (χ1) is 7.74. The summed E-state index contributed by atoms with van der Waals surface area (Å²) in [6.07, 6.45) is 2.49. The van der Waals surface area contributed by atoms with Crippen molar-refractivity contribution in [2.75, 3.05) is 31.6 Å². The van der Waals surface area contributed by atoms with Crippen LogP contribution in [0, 0.1) is 6.92 Å². The van der Waals surface area contributed by atoms with E-state index in [-0.39, 0.29) is 0 Å². The minimum atomic E-state index is 0.635. The Morgan fingerprint density at radius 3 is 2.75 bits per heavy atom. The van der Waals surface area contributed by atoms with Crippen LogP contribution < -0.4 is 15.4 Å². The maximum atomic E-state index is 5.52. The number of anilines is 1. The highest BCUT2D eigenvalue weighted by molar-refractivity contribution is 5.49. The molecule has 0 amide bonds. The van der Waals surface area contributed by atoms with E-state index >= 15 is 0 Å². The predicted octanol–water partition coefficient (Wildman–Crippen LogP) is 0.969. The second kappa shape index (κ2) is 6.27. The van der Waals surface area contributed by atoms with Crippen molar-refractivity contribution in [2.45, 2.75) is 20.3 Å². The Kier molecular flexibility index (Phi) is 4.98. The zero-order valence-corrected chi connectivity index (χ0v) is 10.2. The number of hydrogen-bond acceptors (Lipinski definition) is 5. The molecule has 0 saturated carbocycles. The van der Waals surface area contributed by atoms with Gasteiger partial charge in [-0.15, -0.1) is 0 Å². The predicted molar refractivity (Wildman–Crippen MR) is 64.9 cm³/mol. The number of rotatable bonds is 6. The number of nitrogens with zero attached hydrogens (tertiary/aromatic N) is 3. The molecule has 0 aliphatic carbocycles. The van der Waals surface area contributed by atoms with Crippen LogP contribution in [-0.2, 0) is 0 Å². The van der Waals surface area contributed by atoms with Crippen molar-refractivity contribution in [3.63, 3.8) is 0 Å². The van der Waals surface area contributed by atoms with Crippen molar-refractivity contribution in [1.29, 1.82) is 0 Å². The Balaban J connectivity index is 2.91. The first kappa shape index (κ1) is 12.7. The topological polar surface area (TPSA) is 64.3 Å². The molecular weight excluding hydrogens is 204 g/mol. The normalized spacial score (nSPS) is 10.2. The van der Waals surface area contributed by atoms with Crippen molar-refractivity contribution < 1.29 is 4.74 Å². The Bertz CT molecular complexity index is 330. The van der Waals surface area contributed by atoms with E-state index < -0.39 is 0 Å². The summed E-state index contributed by atoms with van der Waals surface area (Å²) in [4.78, 5) is 10.6. The molecule has 5 heteroatoms. The van der Waals surface area contributed by atoms with Crippen LogP contribution in [0.5, 0.6) is 5.88 Å². The molecule has 0 saturated heterocycles. The maximum absolute atomic E-state index is 5.52. The van der Waals surface area contributed by atoms with E-state index in [1.54, 1.807) is 7.11 Å². The molecule has 1 rings (SSSR count). The van der Waals surface area contributed by atoms with Crippen molar-refractivity contribution in [2.24, 2.45) is 5.73 Å². The highest BCUT2D eigenvalue weighted by Gasteiger charge is 2.12. The largest absolute Gasteiger partial charge is 0.481 e. The number of hydrogen-bond donors (Lipinski definition) is 1. The van der Waals surface area contributed by atoms with Gasteiger partial charge in [0, 0.05) is 13.1 Å². The van der Waals surface area contributed by atoms with Gasteiger partial charge >= 0.3 is 0 Å². The molecule has 5 nitrogen and oxygen atoms in total. The fourth-order valence-corrected chi connectivity index (χ4v) is 1.65. The van der Waals surface area contributed by atoms with Crippen LogP contribution in [-0.4, -0.2) is 36.7 Å². The van der Waals surface area contributed by atoms with Gasteiger partial charge in [-0.05, 0) is 26.8 Å². The number of methoxy groups -OCH3 is 1. The maximum Gasteiger partial charge on any atom is 0.221 e. The average Bonchev–Trinajstić information content (AvgIpc) is 2.32. The highest BCUT2D eigenvalue weighted by atomic mass is 16.5. The van der Waals surface area contributed by atoms with Gasteiger partial charge in [0.15, 0.2) is 0 Å². The minimum Gasteiger partial charge on any atom is -0.481 e. The van der Waals surface area contributed by atoms with E-state index in [1.165, 1.54) is 6.33 Å². The Morgan fingerprint density at radius 2 is 2.19 bits per heavy atom. The van der Waals surface area contributed by atoms with Crippen LogP contribution in [0.4, 0.5) is 5.82 Å². The van der Waals surface area contributed by atoms with E-state index in [0.29, 0.717) is 12.4 Å². The van der Waals surface area contributed by atoms with Gasteiger partial charge in [-0.3, -0.25) is 0 Å². The summed E-state index contributed by atoms with van der Waals surface area (Å²) in [6, 6.07) is 0. The number of ether oxygens (including phenoxy) is 1. The third-order valence-corrected chi connectivity index (χ3v) is 2.52. The van der Waals surface area contributed by atoms with Gasteiger partial charge in [0.05, 0.1) is 12.7 Å². The third-order valence-electron chi connectivity index (χ3n) is 2.52. The lowest BCUT2D eigenvalue weighted by Crippen LogP contribution is -2.27. The molecule has 90 valence electrons.